The van der Waals surface area contributed by atoms with Gasteiger partial charge in [0.2, 0.25) is 10.0 Å². The van der Waals surface area contributed by atoms with Crippen LogP contribution in [0.1, 0.15) is 24.1 Å². The van der Waals surface area contributed by atoms with Gasteiger partial charge in [-0.25, -0.2) is 13.1 Å². The molecule has 7 heteroatoms. The van der Waals surface area contributed by atoms with Crippen molar-refractivity contribution in [1.29, 1.82) is 0 Å². The van der Waals surface area contributed by atoms with Crippen molar-refractivity contribution in [2.45, 2.75) is 30.7 Å². The number of hydrogen-bond donors (Lipinski definition) is 2. The van der Waals surface area contributed by atoms with Gasteiger partial charge < -0.3 is 5.73 Å². The van der Waals surface area contributed by atoms with E-state index >= 15 is 0 Å². The molecule has 1 rings (SSSR count). The SMILES string of the molecule is CSCCCCCNS(=O)(=O)c1csc(CN)c1. The molecule has 1 aromatic heterocycles. The van der Waals surface area contributed by atoms with E-state index in [9.17, 15) is 8.42 Å². The highest BCUT2D eigenvalue weighted by Crippen LogP contribution is 2.18. The van der Waals surface area contributed by atoms with Crippen molar-refractivity contribution in [2.75, 3.05) is 18.6 Å². The van der Waals surface area contributed by atoms with Crippen LogP contribution in [-0.4, -0.2) is 27.0 Å². The van der Waals surface area contributed by atoms with Crippen molar-refractivity contribution in [1.82, 2.24) is 4.72 Å². The molecule has 0 bridgehead atoms. The summed E-state index contributed by atoms with van der Waals surface area (Å²) in [7, 11) is -3.34. The van der Waals surface area contributed by atoms with Gasteiger partial charge in [-0.15, -0.1) is 11.3 Å². The second-order valence-corrected chi connectivity index (χ2v) is 7.65. The molecule has 4 nitrogen and oxygen atoms in total. The maximum atomic E-state index is 11.9. The fourth-order valence-corrected chi connectivity index (χ4v) is 4.17. The summed E-state index contributed by atoms with van der Waals surface area (Å²) in [6, 6.07) is 1.64. The van der Waals surface area contributed by atoms with Crippen molar-refractivity contribution in [3.05, 3.63) is 16.3 Å². The molecule has 0 unspecified atom stereocenters. The van der Waals surface area contributed by atoms with E-state index < -0.39 is 10.0 Å². The highest BCUT2D eigenvalue weighted by atomic mass is 32.2. The topological polar surface area (TPSA) is 72.2 Å². The normalized spacial score (nSPS) is 11.9. The van der Waals surface area contributed by atoms with Crippen LogP contribution in [0.5, 0.6) is 0 Å². The van der Waals surface area contributed by atoms with Gasteiger partial charge >= 0.3 is 0 Å². The lowest BCUT2D eigenvalue weighted by atomic mass is 10.2. The Hall–Kier alpha value is -0.0800. The summed E-state index contributed by atoms with van der Waals surface area (Å²) in [6.07, 6.45) is 5.15. The second kappa shape index (κ2) is 8.16. The van der Waals surface area contributed by atoms with Crippen LogP contribution in [0.4, 0.5) is 0 Å². The van der Waals surface area contributed by atoms with E-state index in [0.717, 1.165) is 29.9 Å². The Kier molecular flexibility index (Phi) is 7.25. The smallest absolute Gasteiger partial charge is 0.241 e. The number of nitrogens with one attached hydrogen (secondary N) is 1. The fraction of sp³-hybridized carbons (Fsp3) is 0.636. The molecule has 0 saturated heterocycles. The molecule has 0 amide bonds. The molecule has 0 aliphatic heterocycles. The van der Waals surface area contributed by atoms with E-state index in [2.05, 4.69) is 11.0 Å². The first kappa shape index (κ1) is 16.0. The molecule has 0 radical (unpaired) electrons. The van der Waals surface area contributed by atoms with Crippen molar-refractivity contribution in [3.63, 3.8) is 0 Å². The summed E-state index contributed by atoms with van der Waals surface area (Å²) in [6.45, 7) is 0.888. The number of nitrogens with two attached hydrogens (primary N) is 1. The van der Waals surface area contributed by atoms with E-state index in [1.54, 1.807) is 11.4 Å². The van der Waals surface area contributed by atoms with E-state index in [4.69, 9.17) is 5.73 Å². The van der Waals surface area contributed by atoms with Gasteiger partial charge in [0.05, 0.1) is 4.90 Å². The number of sulfonamides is 1. The molecule has 0 saturated carbocycles. The average Bonchev–Trinajstić information content (AvgIpc) is 2.83. The van der Waals surface area contributed by atoms with Crippen molar-refractivity contribution in [3.8, 4) is 0 Å². The first-order chi connectivity index (χ1) is 8.60. The summed E-state index contributed by atoms with van der Waals surface area (Å²) < 4.78 is 26.4. The molecule has 0 fully saturated rings. The van der Waals surface area contributed by atoms with E-state index in [1.807, 2.05) is 11.8 Å². The standard InChI is InChI=1S/C11H20N2O2S3/c1-16-6-4-2-3-5-13-18(14,15)11-7-10(8-12)17-9-11/h7,9,13H,2-6,8,12H2,1H3. The lowest BCUT2D eigenvalue weighted by Gasteiger charge is -2.04. The minimum Gasteiger partial charge on any atom is -0.326 e. The average molecular weight is 308 g/mol. The zero-order valence-electron chi connectivity index (χ0n) is 10.5. The largest absolute Gasteiger partial charge is 0.326 e. The monoisotopic (exact) mass is 308 g/mol. The molecule has 0 spiro atoms. The van der Waals surface area contributed by atoms with Gasteiger partial charge in [-0.05, 0) is 30.9 Å². The highest BCUT2D eigenvalue weighted by molar-refractivity contribution is 7.98. The van der Waals surface area contributed by atoms with Crippen LogP contribution in [0, 0.1) is 0 Å². The summed E-state index contributed by atoms with van der Waals surface area (Å²) in [5.74, 6) is 1.14. The van der Waals surface area contributed by atoms with Crippen LogP contribution in [0.25, 0.3) is 0 Å². The molecular formula is C11H20N2O2S3. The minimum absolute atomic E-state index is 0.331. The Bertz CT molecular complexity index is 443. The van der Waals surface area contributed by atoms with Crippen LogP contribution in [0.2, 0.25) is 0 Å². The Morgan fingerprint density at radius 2 is 2.17 bits per heavy atom. The molecule has 104 valence electrons. The fourth-order valence-electron chi connectivity index (χ4n) is 1.45. The van der Waals surface area contributed by atoms with Gasteiger partial charge in [0, 0.05) is 23.3 Å². The summed E-state index contributed by atoms with van der Waals surface area (Å²) in [5, 5.41) is 1.64. The van der Waals surface area contributed by atoms with Crippen LogP contribution in [-0.2, 0) is 16.6 Å². The van der Waals surface area contributed by atoms with E-state index in [1.165, 1.54) is 11.3 Å². The number of thiophene rings is 1. The van der Waals surface area contributed by atoms with Gasteiger partial charge in [-0.1, -0.05) is 6.42 Å². The zero-order valence-corrected chi connectivity index (χ0v) is 13.0. The van der Waals surface area contributed by atoms with Gasteiger partial charge in [-0.3, -0.25) is 0 Å². The van der Waals surface area contributed by atoms with Gasteiger partial charge in [0.15, 0.2) is 0 Å². The molecule has 0 aliphatic carbocycles. The van der Waals surface area contributed by atoms with Gasteiger partial charge in [-0.2, -0.15) is 11.8 Å². The summed E-state index contributed by atoms with van der Waals surface area (Å²) >= 11 is 3.20. The van der Waals surface area contributed by atoms with E-state index in [0.29, 0.717) is 18.0 Å². The van der Waals surface area contributed by atoms with Crippen molar-refractivity contribution < 1.29 is 8.42 Å². The van der Waals surface area contributed by atoms with Crippen molar-refractivity contribution in [2.24, 2.45) is 5.73 Å². The number of rotatable bonds is 9. The quantitative estimate of drug-likeness (QED) is 0.685. The molecule has 3 N–H and O–H groups in total. The van der Waals surface area contributed by atoms with Crippen LogP contribution < -0.4 is 10.5 Å². The molecule has 18 heavy (non-hydrogen) atoms. The highest BCUT2D eigenvalue weighted by Gasteiger charge is 2.14. The molecule has 1 aromatic rings. The maximum absolute atomic E-state index is 11.9. The summed E-state index contributed by atoms with van der Waals surface area (Å²) in [4.78, 5) is 1.22. The number of thioether (sulfide) groups is 1. The second-order valence-electron chi connectivity index (χ2n) is 3.90. The first-order valence-electron chi connectivity index (χ1n) is 5.86. The van der Waals surface area contributed by atoms with Gasteiger partial charge in [0.25, 0.3) is 0 Å². The predicted octanol–water partition coefficient (Wildman–Crippen LogP) is 2.02. The Labute approximate surface area is 117 Å². The number of unbranched alkanes of at least 4 members (excludes halogenated alkanes) is 2. The third-order valence-electron chi connectivity index (χ3n) is 2.46. The Morgan fingerprint density at radius 1 is 1.39 bits per heavy atom. The molecule has 1 heterocycles. The molecular weight excluding hydrogens is 288 g/mol. The Morgan fingerprint density at radius 3 is 2.78 bits per heavy atom. The lowest BCUT2D eigenvalue weighted by molar-refractivity contribution is 0.576. The van der Waals surface area contributed by atoms with Crippen molar-refractivity contribution >= 4 is 33.1 Å². The Balaban J connectivity index is 2.36. The predicted molar refractivity (Wildman–Crippen MR) is 79.6 cm³/mol. The maximum Gasteiger partial charge on any atom is 0.241 e. The third kappa shape index (κ3) is 5.27. The van der Waals surface area contributed by atoms with E-state index in [-0.39, 0.29) is 0 Å². The lowest BCUT2D eigenvalue weighted by Crippen LogP contribution is -2.24. The van der Waals surface area contributed by atoms with Crippen LogP contribution in [0.3, 0.4) is 0 Å². The molecule has 0 atom stereocenters. The van der Waals surface area contributed by atoms with Crippen LogP contribution >= 0.6 is 23.1 Å². The first-order valence-corrected chi connectivity index (χ1v) is 9.62. The minimum atomic E-state index is -3.34. The third-order valence-corrected chi connectivity index (χ3v) is 5.70. The molecule has 0 aromatic carbocycles. The zero-order chi connectivity index (χ0) is 13.4. The summed E-state index contributed by atoms with van der Waals surface area (Å²) in [5.41, 5.74) is 5.47. The van der Waals surface area contributed by atoms with Crippen LogP contribution in [0.15, 0.2) is 16.3 Å². The number of hydrogen-bond acceptors (Lipinski definition) is 5. The van der Waals surface area contributed by atoms with Gasteiger partial charge in [0.1, 0.15) is 0 Å². The molecule has 0 aliphatic rings.